The van der Waals surface area contributed by atoms with Gasteiger partial charge in [-0.2, -0.15) is 0 Å². The third-order valence-corrected chi connectivity index (χ3v) is 5.55. The van der Waals surface area contributed by atoms with Gasteiger partial charge in [0, 0.05) is 12.0 Å². The first-order chi connectivity index (χ1) is 14.0. The average Bonchev–Trinajstić information content (AvgIpc) is 2.72. The molecule has 0 amide bonds. The van der Waals surface area contributed by atoms with Crippen LogP contribution in [-0.4, -0.2) is 25.3 Å². The molecule has 29 heavy (non-hydrogen) atoms. The zero-order chi connectivity index (χ0) is 20.4. The Hall–Kier alpha value is -2.99. The van der Waals surface area contributed by atoms with Crippen LogP contribution in [-0.2, 0) is 6.54 Å². The summed E-state index contributed by atoms with van der Waals surface area (Å²) in [7, 11) is 1.57. The Labute approximate surface area is 169 Å². The molecule has 2 N–H and O–H groups in total. The third kappa shape index (κ3) is 4.07. The highest BCUT2D eigenvalue weighted by Gasteiger charge is 2.24. The number of ether oxygens (including phenoxy) is 2. The van der Waals surface area contributed by atoms with E-state index in [1.54, 1.807) is 43.5 Å². The molecule has 1 unspecified atom stereocenters. The number of benzene rings is 2. The lowest BCUT2D eigenvalue weighted by atomic mass is 9.99. The van der Waals surface area contributed by atoms with E-state index in [4.69, 9.17) is 13.9 Å². The Morgan fingerprint density at radius 2 is 2.07 bits per heavy atom. The molecule has 0 spiro atoms. The zero-order valence-corrected chi connectivity index (χ0v) is 16.7. The lowest BCUT2D eigenvalue weighted by Crippen LogP contribution is -3.12. The maximum Gasteiger partial charge on any atom is 0.235 e. The van der Waals surface area contributed by atoms with Gasteiger partial charge in [-0.3, -0.25) is 4.79 Å². The number of fused-ring (bicyclic) bond motifs is 1. The standard InChI is InChI=1S/C23H25NO5/c1-15-5-4-10-24(12-15)13-19-20(25)9-8-18-22(26)21(14-28-23(18)19)29-17-7-3-6-16(11-17)27-2/h3,6-9,11,14-15,25H,4-5,10,12-13H2,1-2H3/p+1/t15-/m1/s1. The summed E-state index contributed by atoms with van der Waals surface area (Å²) >= 11 is 0. The quantitative estimate of drug-likeness (QED) is 0.693. The van der Waals surface area contributed by atoms with Gasteiger partial charge >= 0.3 is 0 Å². The normalized spacial score (nSPS) is 19.2. The number of aromatic hydroxyl groups is 1. The van der Waals surface area contributed by atoms with Gasteiger partial charge in [-0.05, 0) is 37.1 Å². The summed E-state index contributed by atoms with van der Waals surface area (Å²) in [5.74, 6) is 2.04. The first kappa shape index (κ1) is 19.3. The second-order valence-electron chi connectivity index (χ2n) is 7.78. The van der Waals surface area contributed by atoms with Crippen LogP contribution in [0, 0.1) is 5.92 Å². The van der Waals surface area contributed by atoms with Crippen LogP contribution >= 0.6 is 0 Å². The molecular formula is C23H26NO5+. The van der Waals surface area contributed by atoms with E-state index in [1.165, 1.54) is 24.0 Å². The number of quaternary nitrogens is 1. The SMILES string of the molecule is COc1cccc(Oc2coc3c(C[NH+]4CCC[C@@H](C)C4)c(O)ccc3c2=O)c1. The number of nitrogens with one attached hydrogen (secondary N) is 1. The number of piperidine rings is 1. The summed E-state index contributed by atoms with van der Waals surface area (Å²) in [6.45, 7) is 5.00. The fourth-order valence-electron chi connectivity index (χ4n) is 4.07. The molecule has 2 heterocycles. The van der Waals surface area contributed by atoms with Crippen molar-refractivity contribution in [2.45, 2.75) is 26.3 Å². The van der Waals surface area contributed by atoms with Gasteiger partial charge < -0.3 is 23.9 Å². The molecule has 152 valence electrons. The topological polar surface area (TPSA) is 73.3 Å². The molecule has 6 nitrogen and oxygen atoms in total. The van der Waals surface area contributed by atoms with Crippen molar-refractivity contribution in [2.75, 3.05) is 20.2 Å². The lowest BCUT2D eigenvalue weighted by molar-refractivity contribution is -0.922. The molecule has 0 radical (unpaired) electrons. The van der Waals surface area contributed by atoms with Gasteiger partial charge in [0.15, 0.2) is 5.58 Å². The molecule has 1 fully saturated rings. The number of hydrogen-bond acceptors (Lipinski definition) is 5. The van der Waals surface area contributed by atoms with Crippen molar-refractivity contribution in [3.63, 3.8) is 0 Å². The number of rotatable bonds is 5. The van der Waals surface area contributed by atoms with Gasteiger partial charge in [0.25, 0.3) is 0 Å². The monoisotopic (exact) mass is 396 g/mol. The third-order valence-electron chi connectivity index (χ3n) is 5.55. The van der Waals surface area contributed by atoms with Crippen LogP contribution in [0.25, 0.3) is 11.0 Å². The smallest absolute Gasteiger partial charge is 0.235 e. The van der Waals surface area contributed by atoms with Crippen molar-refractivity contribution in [1.82, 2.24) is 0 Å². The van der Waals surface area contributed by atoms with E-state index in [9.17, 15) is 9.90 Å². The van der Waals surface area contributed by atoms with Crippen LogP contribution in [0.2, 0.25) is 0 Å². The van der Waals surface area contributed by atoms with Crippen LogP contribution in [0.4, 0.5) is 0 Å². The van der Waals surface area contributed by atoms with Gasteiger partial charge in [-0.15, -0.1) is 0 Å². The average molecular weight is 396 g/mol. The van der Waals surface area contributed by atoms with E-state index in [-0.39, 0.29) is 16.9 Å². The number of methoxy groups -OCH3 is 1. The van der Waals surface area contributed by atoms with Crippen molar-refractivity contribution >= 4 is 11.0 Å². The Morgan fingerprint density at radius 1 is 1.24 bits per heavy atom. The summed E-state index contributed by atoms with van der Waals surface area (Å²) in [6.07, 6.45) is 3.73. The van der Waals surface area contributed by atoms with Gasteiger partial charge in [0.2, 0.25) is 11.2 Å². The minimum atomic E-state index is -0.266. The van der Waals surface area contributed by atoms with Crippen LogP contribution in [0.1, 0.15) is 25.3 Å². The summed E-state index contributed by atoms with van der Waals surface area (Å²) in [4.78, 5) is 14.4. The fourth-order valence-corrected chi connectivity index (χ4v) is 4.07. The van der Waals surface area contributed by atoms with Gasteiger partial charge in [-0.1, -0.05) is 13.0 Å². The molecular weight excluding hydrogens is 370 g/mol. The van der Waals surface area contributed by atoms with Gasteiger partial charge in [0.05, 0.1) is 31.1 Å². The molecule has 3 aromatic rings. The minimum absolute atomic E-state index is 0.0985. The van der Waals surface area contributed by atoms with Gasteiger partial charge in [-0.25, -0.2) is 0 Å². The zero-order valence-electron chi connectivity index (χ0n) is 16.7. The predicted molar refractivity (Wildman–Crippen MR) is 110 cm³/mol. The van der Waals surface area contributed by atoms with Crippen molar-refractivity contribution < 1.29 is 23.9 Å². The van der Waals surface area contributed by atoms with E-state index >= 15 is 0 Å². The molecule has 0 bridgehead atoms. The molecule has 0 saturated carbocycles. The number of likely N-dealkylation sites (tertiary alicyclic amines) is 1. The molecule has 4 rings (SSSR count). The van der Waals surface area contributed by atoms with Crippen LogP contribution < -0.4 is 19.8 Å². The lowest BCUT2D eigenvalue weighted by Gasteiger charge is -2.28. The maximum absolute atomic E-state index is 13.0. The van der Waals surface area contributed by atoms with Gasteiger partial charge in [0.1, 0.15) is 30.1 Å². The summed E-state index contributed by atoms with van der Waals surface area (Å²) < 4.78 is 16.7. The highest BCUT2D eigenvalue weighted by Crippen LogP contribution is 2.29. The Balaban J connectivity index is 1.67. The van der Waals surface area contributed by atoms with E-state index in [1.807, 2.05) is 0 Å². The van der Waals surface area contributed by atoms with Crippen molar-refractivity contribution in [1.29, 1.82) is 0 Å². The van der Waals surface area contributed by atoms with E-state index in [0.29, 0.717) is 40.5 Å². The molecule has 6 heteroatoms. The first-order valence-electron chi connectivity index (χ1n) is 9.97. The second-order valence-corrected chi connectivity index (χ2v) is 7.78. The molecule has 0 aliphatic carbocycles. The molecule has 2 atom stereocenters. The largest absolute Gasteiger partial charge is 0.507 e. The predicted octanol–water partition coefficient (Wildman–Crippen LogP) is 3.11. The number of hydrogen-bond donors (Lipinski definition) is 2. The van der Waals surface area contributed by atoms with Crippen molar-refractivity contribution in [3.05, 3.63) is 58.4 Å². The number of phenolic OH excluding ortho intramolecular Hbond substituents is 1. The van der Waals surface area contributed by atoms with Crippen molar-refractivity contribution in [2.24, 2.45) is 5.92 Å². The first-order valence-corrected chi connectivity index (χ1v) is 9.97. The molecule has 1 aromatic heterocycles. The van der Waals surface area contributed by atoms with Crippen molar-refractivity contribution in [3.8, 4) is 23.0 Å². The maximum atomic E-state index is 13.0. The Kier molecular flexibility index (Phi) is 5.45. The summed E-state index contributed by atoms with van der Waals surface area (Å²) in [5.41, 5.74) is 0.840. The molecule has 1 saturated heterocycles. The Bertz CT molecular complexity index is 1070. The van der Waals surface area contributed by atoms with Crippen LogP contribution in [0.15, 0.2) is 51.9 Å². The second kappa shape index (κ2) is 8.17. The highest BCUT2D eigenvalue weighted by molar-refractivity contribution is 5.82. The van der Waals surface area contributed by atoms with E-state index < -0.39 is 0 Å². The van der Waals surface area contributed by atoms with Crippen LogP contribution in [0.5, 0.6) is 23.0 Å². The molecule has 1 aliphatic heterocycles. The molecule has 1 aliphatic rings. The fraction of sp³-hybridized carbons (Fsp3) is 0.348. The van der Waals surface area contributed by atoms with E-state index in [2.05, 4.69) is 6.92 Å². The van der Waals surface area contributed by atoms with E-state index in [0.717, 1.165) is 13.1 Å². The highest BCUT2D eigenvalue weighted by atomic mass is 16.5. The Morgan fingerprint density at radius 3 is 2.86 bits per heavy atom. The molecule has 2 aromatic carbocycles. The van der Waals surface area contributed by atoms with Crippen LogP contribution in [0.3, 0.4) is 0 Å². The summed E-state index contributed by atoms with van der Waals surface area (Å²) in [6, 6.07) is 10.2. The number of phenols is 1. The summed E-state index contributed by atoms with van der Waals surface area (Å²) in [5, 5.41) is 10.8. The minimum Gasteiger partial charge on any atom is -0.507 e.